The van der Waals surface area contributed by atoms with Crippen molar-refractivity contribution >= 4 is 12.1 Å². The molecule has 1 heterocycles. The van der Waals surface area contributed by atoms with Crippen LogP contribution in [0.15, 0.2) is 36.4 Å². The number of aldehydes is 1. The van der Waals surface area contributed by atoms with E-state index >= 15 is 0 Å². The number of phenolic OH excluding ortho intramolecular Hbond substituents is 1. The highest BCUT2D eigenvalue weighted by molar-refractivity contribution is 5.94. The lowest BCUT2D eigenvalue weighted by atomic mass is 9.75. The van der Waals surface area contributed by atoms with Crippen LogP contribution in [0, 0.1) is 11.8 Å². The standard InChI is InChI=1S/C26H33NO5/c1-17-12-18(2)16-27(15-17)26(10-11-28,21-8-6-20(7-9-21)19(3)29)25-23(30)13-22(31-4)14-24(25)32-5/h6-9,11,13-14,17-18,30H,10,12,15-16H2,1-5H3. The van der Waals surface area contributed by atoms with Crippen molar-refractivity contribution in [2.45, 2.75) is 39.2 Å². The summed E-state index contributed by atoms with van der Waals surface area (Å²) in [4.78, 5) is 26.3. The predicted octanol–water partition coefficient (Wildman–Crippen LogP) is 4.42. The Balaban J connectivity index is 2.34. The lowest BCUT2D eigenvalue weighted by Crippen LogP contribution is -2.53. The van der Waals surface area contributed by atoms with Gasteiger partial charge in [-0.1, -0.05) is 38.1 Å². The maximum absolute atomic E-state index is 12.2. The van der Waals surface area contributed by atoms with Gasteiger partial charge in [-0.25, -0.2) is 0 Å². The third kappa shape index (κ3) is 4.37. The number of phenols is 1. The normalized spacial score (nSPS) is 20.9. The van der Waals surface area contributed by atoms with Gasteiger partial charge < -0.3 is 19.4 Å². The van der Waals surface area contributed by atoms with Crippen molar-refractivity contribution in [3.05, 3.63) is 53.1 Å². The Labute approximate surface area is 190 Å². The molecule has 172 valence electrons. The molecule has 3 unspecified atom stereocenters. The van der Waals surface area contributed by atoms with Crippen molar-refractivity contribution in [1.82, 2.24) is 4.90 Å². The molecule has 32 heavy (non-hydrogen) atoms. The van der Waals surface area contributed by atoms with Crippen molar-refractivity contribution in [3.8, 4) is 17.2 Å². The molecule has 6 heteroatoms. The first-order valence-corrected chi connectivity index (χ1v) is 11.0. The van der Waals surface area contributed by atoms with Gasteiger partial charge in [0.25, 0.3) is 0 Å². The highest BCUT2D eigenvalue weighted by Crippen LogP contribution is 2.50. The zero-order chi connectivity index (χ0) is 23.5. The number of hydrogen-bond acceptors (Lipinski definition) is 6. The Morgan fingerprint density at radius 3 is 2.25 bits per heavy atom. The van der Waals surface area contributed by atoms with Crippen molar-refractivity contribution in [3.63, 3.8) is 0 Å². The summed E-state index contributed by atoms with van der Waals surface area (Å²) in [5.41, 5.74) is 1.00. The number of aromatic hydroxyl groups is 1. The van der Waals surface area contributed by atoms with Crippen LogP contribution in [0.5, 0.6) is 17.2 Å². The van der Waals surface area contributed by atoms with E-state index in [4.69, 9.17) is 9.47 Å². The van der Waals surface area contributed by atoms with Gasteiger partial charge >= 0.3 is 0 Å². The van der Waals surface area contributed by atoms with Crippen LogP contribution in [-0.4, -0.2) is 49.4 Å². The van der Waals surface area contributed by atoms with Crippen LogP contribution in [0.1, 0.15) is 55.1 Å². The fourth-order valence-corrected chi connectivity index (χ4v) is 5.18. The second-order valence-corrected chi connectivity index (χ2v) is 8.94. The highest BCUT2D eigenvalue weighted by atomic mass is 16.5. The van der Waals surface area contributed by atoms with Crippen LogP contribution < -0.4 is 9.47 Å². The Hall–Kier alpha value is -2.86. The van der Waals surface area contributed by atoms with E-state index in [0.29, 0.717) is 34.5 Å². The molecule has 1 aliphatic heterocycles. The summed E-state index contributed by atoms with van der Waals surface area (Å²) in [6.07, 6.45) is 2.12. The van der Waals surface area contributed by atoms with Crippen molar-refractivity contribution in [1.29, 1.82) is 0 Å². The molecule has 3 atom stereocenters. The fourth-order valence-electron chi connectivity index (χ4n) is 5.18. The number of nitrogens with zero attached hydrogens (tertiary/aromatic N) is 1. The summed E-state index contributed by atoms with van der Waals surface area (Å²) in [5, 5.41) is 11.2. The van der Waals surface area contributed by atoms with Crippen LogP contribution in [0.25, 0.3) is 0 Å². The number of piperidine rings is 1. The smallest absolute Gasteiger partial charge is 0.159 e. The number of methoxy groups -OCH3 is 2. The molecule has 1 fully saturated rings. The number of carbonyl (C=O) groups excluding carboxylic acids is 2. The summed E-state index contributed by atoms with van der Waals surface area (Å²) in [5.74, 6) is 1.74. The Kier molecular flexibility index (Phi) is 7.24. The maximum atomic E-state index is 12.2. The van der Waals surface area contributed by atoms with Gasteiger partial charge in [-0.15, -0.1) is 0 Å². The number of Topliss-reactive ketones (excluding diaryl/α,β-unsaturated/α-hetero) is 1. The van der Waals surface area contributed by atoms with E-state index in [-0.39, 0.29) is 18.0 Å². The Morgan fingerprint density at radius 1 is 1.12 bits per heavy atom. The first kappa shape index (κ1) is 23.8. The summed E-state index contributed by atoms with van der Waals surface area (Å²) in [6, 6.07) is 10.6. The number of rotatable bonds is 8. The number of benzene rings is 2. The first-order valence-electron chi connectivity index (χ1n) is 11.0. The lowest BCUT2D eigenvalue weighted by Gasteiger charge is -2.49. The van der Waals surface area contributed by atoms with Gasteiger partial charge in [-0.05, 0) is 30.7 Å². The molecule has 0 saturated carbocycles. The summed E-state index contributed by atoms with van der Waals surface area (Å²) < 4.78 is 11.0. The Bertz CT molecular complexity index is 961. The third-order valence-electron chi connectivity index (χ3n) is 6.48. The number of ketones is 1. The van der Waals surface area contributed by atoms with Crippen molar-refractivity contribution < 1.29 is 24.2 Å². The lowest BCUT2D eigenvalue weighted by molar-refractivity contribution is -0.110. The minimum absolute atomic E-state index is 0.00424. The molecule has 0 bridgehead atoms. The molecule has 2 aromatic rings. The van der Waals surface area contributed by atoms with Crippen molar-refractivity contribution in [2.75, 3.05) is 27.3 Å². The number of ether oxygens (including phenoxy) is 2. The van der Waals surface area contributed by atoms with Crippen LogP contribution in [0.3, 0.4) is 0 Å². The topological polar surface area (TPSA) is 76.1 Å². The van der Waals surface area contributed by atoms with Gasteiger partial charge in [0.15, 0.2) is 5.78 Å². The molecule has 6 nitrogen and oxygen atoms in total. The van der Waals surface area contributed by atoms with E-state index in [2.05, 4.69) is 18.7 Å². The van der Waals surface area contributed by atoms with Gasteiger partial charge in [0.1, 0.15) is 23.5 Å². The molecule has 0 spiro atoms. The largest absolute Gasteiger partial charge is 0.507 e. The summed E-state index contributed by atoms with van der Waals surface area (Å²) in [6.45, 7) is 7.47. The second-order valence-electron chi connectivity index (χ2n) is 8.94. The van der Waals surface area contributed by atoms with E-state index in [1.54, 1.807) is 31.4 Å². The molecule has 2 aromatic carbocycles. The molecule has 1 aliphatic rings. The van der Waals surface area contributed by atoms with Crippen LogP contribution in [0.4, 0.5) is 0 Å². The van der Waals surface area contributed by atoms with E-state index in [1.165, 1.54) is 14.0 Å². The molecule has 0 aliphatic carbocycles. The molecule has 0 aromatic heterocycles. The molecule has 0 amide bonds. The van der Waals surface area contributed by atoms with Crippen molar-refractivity contribution in [2.24, 2.45) is 11.8 Å². The van der Waals surface area contributed by atoms with Gasteiger partial charge in [0.2, 0.25) is 0 Å². The minimum atomic E-state index is -0.957. The van der Waals surface area contributed by atoms with E-state index < -0.39 is 5.54 Å². The third-order valence-corrected chi connectivity index (χ3v) is 6.48. The number of likely N-dealkylation sites (tertiary alicyclic amines) is 1. The average molecular weight is 440 g/mol. The molecule has 1 saturated heterocycles. The maximum Gasteiger partial charge on any atom is 0.159 e. The second kappa shape index (κ2) is 9.74. The SMILES string of the molecule is COc1cc(O)c(C(CC=O)(c2ccc(C(C)=O)cc2)N2CC(C)CC(C)C2)c(OC)c1. The number of carbonyl (C=O) groups is 2. The van der Waals surface area contributed by atoms with Gasteiger partial charge in [-0.2, -0.15) is 0 Å². The average Bonchev–Trinajstić information content (AvgIpc) is 2.76. The van der Waals surface area contributed by atoms with Crippen LogP contribution >= 0.6 is 0 Å². The molecule has 3 rings (SSSR count). The summed E-state index contributed by atoms with van der Waals surface area (Å²) in [7, 11) is 3.07. The molecular weight excluding hydrogens is 406 g/mol. The van der Waals surface area contributed by atoms with Crippen LogP contribution in [-0.2, 0) is 10.3 Å². The van der Waals surface area contributed by atoms with Gasteiger partial charge in [-0.3, -0.25) is 9.69 Å². The minimum Gasteiger partial charge on any atom is -0.507 e. The van der Waals surface area contributed by atoms with E-state index in [0.717, 1.165) is 31.4 Å². The number of hydrogen-bond donors (Lipinski definition) is 1. The predicted molar refractivity (Wildman–Crippen MR) is 124 cm³/mol. The summed E-state index contributed by atoms with van der Waals surface area (Å²) >= 11 is 0. The molecular formula is C26H33NO5. The van der Waals surface area contributed by atoms with Gasteiger partial charge in [0, 0.05) is 37.2 Å². The van der Waals surface area contributed by atoms with E-state index in [1.807, 2.05) is 12.1 Å². The fraction of sp³-hybridized carbons (Fsp3) is 0.462. The van der Waals surface area contributed by atoms with Crippen LogP contribution in [0.2, 0.25) is 0 Å². The first-order chi connectivity index (χ1) is 15.3. The molecule has 0 radical (unpaired) electrons. The Morgan fingerprint density at radius 2 is 1.75 bits per heavy atom. The quantitative estimate of drug-likeness (QED) is 0.485. The van der Waals surface area contributed by atoms with Gasteiger partial charge in [0.05, 0.1) is 25.3 Å². The zero-order valence-corrected chi connectivity index (χ0v) is 19.6. The highest BCUT2D eigenvalue weighted by Gasteiger charge is 2.46. The monoisotopic (exact) mass is 439 g/mol. The zero-order valence-electron chi connectivity index (χ0n) is 19.6. The van der Waals surface area contributed by atoms with E-state index in [9.17, 15) is 14.7 Å². The molecule has 1 N–H and O–H groups in total.